The molecule has 0 unspecified atom stereocenters. The quantitative estimate of drug-likeness (QED) is 0.251. The molecule has 0 amide bonds. The van der Waals surface area contributed by atoms with E-state index in [4.69, 9.17) is 28.0 Å². The zero-order valence-corrected chi connectivity index (χ0v) is 9.23. The van der Waals surface area contributed by atoms with E-state index >= 15 is 0 Å². The first-order chi connectivity index (χ1) is 5.41. The van der Waals surface area contributed by atoms with Crippen LogP contribution >= 0.6 is 23.5 Å². The van der Waals surface area contributed by atoms with Crippen molar-refractivity contribution in [3.8, 4) is 10.8 Å². The van der Waals surface area contributed by atoms with E-state index in [1.807, 2.05) is 10.8 Å². The first-order valence-electron chi connectivity index (χ1n) is 2.13. The molecule has 0 fully saturated rings. The smallest absolute Gasteiger partial charge is 0.264 e. The monoisotopic (exact) mass is 291 g/mol. The second kappa shape index (κ2) is 12.1. The average Bonchev–Trinajstić information content (AvgIpc) is 1.85. The van der Waals surface area contributed by atoms with Crippen LogP contribution in [0.1, 0.15) is 0 Å². The Kier molecular flexibility index (Phi) is 17.4. The summed E-state index contributed by atoms with van der Waals surface area (Å²) >= 11 is 2.16. The Morgan fingerprint density at radius 3 is 1.54 bits per heavy atom. The summed E-state index contributed by atoms with van der Waals surface area (Å²) in [5, 5.41) is 20.0. The van der Waals surface area contributed by atoms with Crippen molar-refractivity contribution in [2.75, 3.05) is 5.08 Å². The van der Waals surface area contributed by atoms with Gasteiger partial charge in [0.05, 0.1) is 5.08 Å². The zero-order valence-electron chi connectivity index (χ0n) is 5.84. The predicted octanol–water partition coefficient (Wildman–Crippen LogP) is 0.717. The molecule has 0 aliphatic carbocycles. The molecule has 0 spiro atoms. The fourth-order valence-corrected chi connectivity index (χ4v) is 0.740. The van der Waals surface area contributed by atoms with E-state index in [-0.39, 0.29) is 17.1 Å². The maximum atomic E-state index is 8.74. The van der Waals surface area contributed by atoms with Crippen molar-refractivity contribution >= 4 is 33.9 Å². The molecule has 0 aromatic rings. The summed E-state index contributed by atoms with van der Waals surface area (Å²) in [6.07, 6.45) is 0. The number of hydrogen-bond acceptors (Lipinski definition) is 6. The summed E-state index contributed by atoms with van der Waals surface area (Å²) in [4.78, 5) is 0. The first kappa shape index (κ1) is 18.8. The summed E-state index contributed by atoms with van der Waals surface area (Å²) in [5.41, 5.74) is 0. The van der Waals surface area contributed by atoms with Crippen LogP contribution in [0.2, 0.25) is 0 Å². The fourth-order valence-electron chi connectivity index (χ4n) is 0.0822. The van der Waals surface area contributed by atoms with Crippen LogP contribution in [0.4, 0.5) is 0 Å². The summed E-state index contributed by atoms with van der Waals surface area (Å²) in [6.45, 7) is 0. The Labute approximate surface area is 94.7 Å². The van der Waals surface area contributed by atoms with Gasteiger partial charge in [-0.15, -0.1) is 0 Å². The third-order valence-electron chi connectivity index (χ3n) is 0.247. The van der Waals surface area contributed by atoms with Crippen LogP contribution in [0.3, 0.4) is 0 Å². The molecule has 0 aromatic heterocycles. The van der Waals surface area contributed by atoms with Gasteiger partial charge in [0, 0.05) is 17.1 Å². The molecule has 0 aromatic carbocycles. The van der Waals surface area contributed by atoms with Crippen molar-refractivity contribution in [1.29, 1.82) is 10.5 Å². The van der Waals surface area contributed by atoms with Crippen LogP contribution in [-0.2, 0) is 27.5 Å². The normalized spacial score (nSPS) is 8.00. The predicted molar refractivity (Wildman–Crippen MR) is 45.5 cm³/mol. The minimum Gasteiger partial charge on any atom is -0.264 e. The van der Waals surface area contributed by atoms with Crippen molar-refractivity contribution in [2.24, 2.45) is 0 Å². The van der Waals surface area contributed by atoms with Crippen molar-refractivity contribution in [3.63, 3.8) is 0 Å². The molecule has 0 heterocycles. The van der Waals surface area contributed by atoms with E-state index in [9.17, 15) is 0 Å². The van der Waals surface area contributed by atoms with Crippen LogP contribution in [0.15, 0.2) is 0 Å². The molecule has 1 radical (unpaired) electrons. The van der Waals surface area contributed by atoms with Gasteiger partial charge in [0.2, 0.25) is 0 Å². The van der Waals surface area contributed by atoms with E-state index in [1.165, 1.54) is 0 Å². The van der Waals surface area contributed by atoms with E-state index in [0.29, 0.717) is 5.08 Å². The standard InChI is InChI=1S/C3H2N2S2.Cu.H2O4S/c4-1-6-3-7-2-5;;1-5(2,3)4/h3H2;;(H2,1,2,3,4). The Morgan fingerprint density at radius 1 is 1.15 bits per heavy atom. The molecule has 0 bridgehead atoms. The molecule has 6 nitrogen and oxygen atoms in total. The van der Waals surface area contributed by atoms with Gasteiger partial charge >= 0.3 is 10.4 Å². The third kappa shape index (κ3) is 73.9. The number of thiocyanates is 2. The molecular weight excluding hydrogens is 288 g/mol. The largest absolute Gasteiger partial charge is 0.394 e. The summed E-state index contributed by atoms with van der Waals surface area (Å²) in [6, 6.07) is 0. The van der Waals surface area contributed by atoms with Crippen LogP contribution in [0.5, 0.6) is 0 Å². The summed E-state index contributed by atoms with van der Waals surface area (Å²) < 4.78 is 31.6. The van der Waals surface area contributed by atoms with Gasteiger partial charge in [-0.3, -0.25) is 9.11 Å². The second-order valence-electron chi connectivity index (χ2n) is 1.04. The molecular formula is C3H4CuN2O4S3. The SMILES string of the molecule is N#CSCSC#N.O=S(=O)(O)O.[Cu]. The number of rotatable bonds is 2. The summed E-state index contributed by atoms with van der Waals surface area (Å²) in [7, 11) is -4.67. The van der Waals surface area contributed by atoms with E-state index in [0.717, 1.165) is 23.5 Å². The molecule has 0 rings (SSSR count). The van der Waals surface area contributed by atoms with Gasteiger partial charge in [-0.25, -0.2) is 0 Å². The number of nitrogens with zero attached hydrogens (tertiary/aromatic N) is 2. The van der Waals surface area contributed by atoms with Crippen molar-refractivity contribution in [1.82, 2.24) is 0 Å². The number of hydrogen-bond donors (Lipinski definition) is 2. The van der Waals surface area contributed by atoms with Gasteiger partial charge in [0.1, 0.15) is 10.8 Å². The van der Waals surface area contributed by atoms with Gasteiger partial charge in [0.25, 0.3) is 0 Å². The van der Waals surface area contributed by atoms with Gasteiger partial charge in [-0.1, -0.05) is 0 Å². The van der Waals surface area contributed by atoms with Crippen LogP contribution < -0.4 is 0 Å². The minimum atomic E-state index is -4.67. The van der Waals surface area contributed by atoms with Crippen LogP contribution in [0.25, 0.3) is 0 Å². The van der Waals surface area contributed by atoms with E-state index in [1.54, 1.807) is 0 Å². The Morgan fingerprint density at radius 2 is 1.38 bits per heavy atom. The molecule has 79 valence electrons. The first-order valence-corrected chi connectivity index (χ1v) is 5.50. The minimum absolute atomic E-state index is 0. The molecule has 0 aliphatic heterocycles. The van der Waals surface area contributed by atoms with E-state index < -0.39 is 10.4 Å². The summed E-state index contributed by atoms with van der Waals surface area (Å²) in [5.74, 6) is 0. The van der Waals surface area contributed by atoms with Crippen molar-refractivity contribution in [2.45, 2.75) is 0 Å². The molecule has 10 heteroatoms. The number of nitriles is 2. The molecule has 13 heavy (non-hydrogen) atoms. The molecule has 0 atom stereocenters. The van der Waals surface area contributed by atoms with Crippen LogP contribution in [0, 0.1) is 21.3 Å². The van der Waals surface area contributed by atoms with Crippen LogP contribution in [-0.4, -0.2) is 22.6 Å². The van der Waals surface area contributed by atoms with E-state index in [2.05, 4.69) is 0 Å². The van der Waals surface area contributed by atoms with Crippen molar-refractivity contribution < 1.29 is 34.6 Å². The third-order valence-corrected chi connectivity index (χ3v) is 1.45. The topological polar surface area (TPSA) is 122 Å². The second-order valence-corrected chi connectivity index (χ2v) is 3.82. The maximum absolute atomic E-state index is 8.74. The zero-order chi connectivity index (χ0) is 10.0. The molecule has 2 N–H and O–H groups in total. The van der Waals surface area contributed by atoms with Gasteiger partial charge in [0.15, 0.2) is 0 Å². The average molecular weight is 292 g/mol. The Hall–Kier alpha value is 0.0695. The molecule has 0 saturated carbocycles. The Bertz CT molecular complexity index is 256. The fraction of sp³-hybridized carbons (Fsp3) is 0.333. The Balaban J connectivity index is -0.000000150. The maximum Gasteiger partial charge on any atom is 0.394 e. The van der Waals surface area contributed by atoms with Gasteiger partial charge < -0.3 is 0 Å². The van der Waals surface area contributed by atoms with Gasteiger partial charge in [-0.2, -0.15) is 18.9 Å². The van der Waals surface area contributed by atoms with Gasteiger partial charge in [-0.05, 0) is 23.5 Å². The molecule has 0 aliphatic rings. The number of thioether (sulfide) groups is 2. The molecule has 0 saturated heterocycles. The van der Waals surface area contributed by atoms with Crippen molar-refractivity contribution in [3.05, 3.63) is 0 Å².